The molecule has 2 aromatic carbocycles. The van der Waals surface area contributed by atoms with Gasteiger partial charge in [0.25, 0.3) is 0 Å². The van der Waals surface area contributed by atoms with Crippen LogP contribution in [-0.2, 0) is 57.7 Å². The summed E-state index contributed by atoms with van der Waals surface area (Å²) in [5.74, 6) is 4.70. The molecule has 0 heterocycles. The van der Waals surface area contributed by atoms with Gasteiger partial charge in [0.15, 0.2) is 0 Å². The summed E-state index contributed by atoms with van der Waals surface area (Å²) in [4.78, 5) is 32.2. The van der Waals surface area contributed by atoms with E-state index in [0.717, 1.165) is 62.4 Å². The molecule has 0 amide bonds. The lowest BCUT2D eigenvalue weighted by Crippen LogP contribution is -2.24. The molecule has 0 spiro atoms. The van der Waals surface area contributed by atoms with E-state index >= 15 is 0 Å². The fraction of sp³-hybridized carbons (Fsp3) is 0.776. The molecule has 0 aromatic heterocycles. The van der Waals surface area contributed by atoms with Gasteiger partial charge in [-0.2, -0.15) is 0 Å². The van der Waals surface area contributed by atoms with Gasteiger partial charge in [0, 0.05) is 56.4 Å². The molecule has 0 aliphatic heterocycles. The minimum absolute atomic E-state index is 0.0556. The van der Waals surface area contributed by atoms with Crippen molar-refractivity contribution in [2.24, 2.45) is 40.4 Å². The number of hydrogen-bond acceptors (Lipinski definition) is 11. The van der Waals surface area contributed by atoms with Crippen molar-refractivity contribution in [3.63, 3.8) is 0 Å². The molecule has 464 valence electrons. The molecule has 78 heavy (non-hydrogen) atoms. The largest absolute Gasteiger partial charge is 0.469 e. The molecule has 4 rings (SSSR count). The van der Waals surface area contributed by atoms with Crippen LogP contribution in [0.1, 0.15) is 220 Å². The van der Waals surface area contributed by atoms with Crippen molar-refractivity contribution >= 4 is 17.9 Å². The number of hydrogen-bond donors (Lipinski definition) is 0. The molecule has 2 saturated carbocycles. The van der Waals surface area contributed by atoms with E-state index in [2.05, 4.69) is 165 Å². The summed E-state index contributed by atoms with van der Waals surface area (Å²) in [6.45, 7) is 42.6. The SMILES string of the molecule is CC1C2CCC(C2)C1C.CCC(C)(C)C(=O)OC.CCC(C)(C)C(=O)OC.CCC(C)(C)c1ccccc1.CCC(C)C(=O)OC.CCC(C)OC.CCC(C)c1ccccc1.CCOC(C)CC.COC.COC.COC. The topological polar surface area (TPSA) is 125 Å². The minimum Gasteiger partial charge on any atom is -0.469 e. The molecule has 11 nitrogen and oxygen atoms in total. The van der Waals surface area contributed by atoms with Crippen molar-refractivity contribution in [3.05, 3.63) is 71.8 Å². The van der Waals surface area contributed by atoms with Gasteiger partial charge in [0.05, 0.1) is 50.3 Å². The number of fused-ring (bicyclic) bond motifs is 2. The Kier molecular flexibility index (Phi) is 64.6. The Labute approximate surface area is 484 Å². The van der Waals surface area contributed by atoms with Gasteiger partial charge in [-0.05, 0) is 159 Å². The van der Waals surface area contributed by atoms with Gasteiger partial charge in [0.1, 0.15) is 0 Å². The molecule has 2 aliphatic rings. The van der Waals surface area contributed by atoms with Gasteiger partial charge < -0.3 is 37.9 Å². The summed E-state index contributed by atoms with van der Waals surface area (Å²) < 4.78 is 36.4. The lowest BCUT2D eigenvalue weighted by Gasteiger charge is -2.24. The Hall–Kier alpha value is -3.35. The second kappa shape index (κ2) is 56.9. The van der Waals surface area contributed by atoms with E-state index in [1.54, 1.807) is 56.2 Å². The van der Waals surface area contributed by atoms with Gasteiger partial charge >= 0.3 is 17.9 Å². The minimum atomic E-state index is -0.311. The first-order valence-electron chi connectivity index (χ1n) is 29.2. The van der Waals surface area contributed by atoms with Crippen LogP contribution in [0.5, 0.6) is 0 Å². The van der Waals surface area contributed by atoms with Gasteiger partial charge in [-0.1, -0.05) is 151 Å². The first kappa shape index (κ1) is 88.5. The highest BCUT2D eigenvalue weighted by Gasteiger charge is 2.42. The zero-order chi connectivity index (χ0) is 62.5. The highest BCUT2D eigenvalue weighted by Crippen LogP contribution is 2.51. The summed E-state index contributed by atoms with van der Waals surface area (Å²) >= 11 is 0. The molecule has 8 unspecified atom stereocenters. The van der Waals surface area contributed by atoms with Crippen LogP contribution in [0.2, 0.25) is 0 Å². The highest BCUT2D eigenvalue weighted by atomic mass is 16.5. The second-order valence-corrected chi connectivity index (χ2v) is 22.0. The number of methoxy groups -OCH3 is 7. The number of carbonyl (C=O) groups excluding carboxylic acids is 3. The molecule has 2 aromatic rings. The Morgan fingerprint density at radius 3 is 1.04 bits per heavy atom. The van der Waals surface area contributed by atoms with Crippen molar-refractivity contribution in [1.82, 2.24) is 0 Å². The van der Waals surface area contributed by atoms with E-state index in [-0.39, 0.29) is 34.7 Å². The van der Waals surface area contributed by atoms with Gasteiger partial charge in [-0.3, -0.25) is 14.4 Å². The zero-order valence-electron chi connectivity index (χ0n) is 56.7. The third-order valence-electron chi connectivity index (χ3n) is 14.7. The number of rotatable bonds is 15. The maximum absolute atomic E-state index is 10.8. The van der Waals surface area contributed by atoms with Gasteiger partial charge in [-0.15, -0.1) is 0 Å². The van der Waals surface area contributed by atoms with Crippen molar-refractivity contribution in [2.75, 3.05) is 77.7 Å². The van der Waals surface area contributed by atoms with Crippen molar-refractivity contribution < 1.29 is 52.3 Å². The van der Waals surface area contributed by atoms with Crippen molar-refractivity contribution in [2.45, 2.75) is 226 Å². The zero-order valence-corrected chi connectivity index (χ0v) is 56.7. The third kappa shape index (κ3) is 48.5. The van der Waals surface area contributed by atoms with Crippen LogP contribution in [0.25, 0.3) is 0 Å². The number of carbonyl (C=O) groups is 3. The van der Waals surface area contributed by atoms with E-state index in [9.17, 15) is 14.4 Å². The van der Waals surface area contributed by atoms with E-state index in [0.29, 0.717) is 23.5 Å². The molecule has 2 fully saturated rings. The van der Waals surface area contributed by atoms with Crippen LogP contribution in [-0.4, -0.2) is 108 Å². The van der Waals surface area contributed by atoms with Gasteiger partial charge in [0.2, 0.25) is 0 Å². The summed E-state index contributed by atoms with van der Waals surface area (Å²) in [6.07, 6.45) is 12.7. The smallest absolute Gasteiger partial charge is 0.311 e. The normalized spacial score (nSPS) is 16.8. The molecule has 11 heteroatoms. The molecule has 2 aliphatic carbocycles. The summed E-state index contributed by atoms with van der Waals surface area (Å²) in [5, 5.41) is 0. The summed E-state index contributed by atoms with van der Waals surface area (Å²) in [7, 11) is 15.7. The van der Waals surface area contributed by atoms with Crippen LogP contribution in [0, 0.1) is 40.4 Å². The predicted octanol–water partition coefficient (Wildman–Crippen LogP) is 17.7. The fourth-order valence-electron chi connectivity index (χ4n) is 6.76. The average molecular weight is 1110 g/mol. The standard InChI is InChI=1S/C11H16.C10H14.C9H16.2C7H14O2.C6H12O2.C6H14O.C5H12O.3C2H6O/c1-4-11(2,3)10-8-6-5-7-9-10;1-3-9(2)10-7-5-4-6-8-10;1-6-7(2)9-4-3-8(6)5-9;2*1-5-7(2,3)6(8)9-4;1-4-5(2)6(7)8-3;1-4-6(3)7-5-2;1-4-5(2)6-3;3*1-3-2/h5-9H,4H2,1-3H3;4-9H,3H2,1-2H3;6-9H,3-5H2,1-2H3;2*5H2,1-4H3;5H,4H2,1-3H3;6H,4-5H2,1-3H3;5H,4H2,1-3H3;3*1-2H3. The maximum atomic E-state index is 10.8. The lowest BCUT2D eigenvalue weighted by atomic mass is 9.82. The molecule has 0 N–H and O–H groups in total. The fourth-order valence-corrected chi connectivity index (χ4v) is 6.76. The quantitative estimate of drug-likeness (QED) is 0.125. The van der Waals surface area contributed by atoms with E-state index in [1.807, 2.05) is 62.3 Å². The monoisotopic (exact) mass is 1110 g/mol. The Balaban J connectivity index is -0.000000145. The van der Waals surface area contributed by atoms with Crippen LogP contribution in [0.15, 0.2) is 60.7 Å². The summed E-state index contributed by atoms with van der Waals surface area (Å²) in [6, 6.07) is 21.3. The average Bonchev–Trinajstić information content (AvgIpc) is 4.05. The first-order valence-corrected chi connectivity index (χ1v) is 29.2. The number of ether oxygens (including phenoxy) is 8. The predicted molar refractivity (Wildman–Crippen MR) is 335 cm³/mol. The van der Waals surface area contributed by atoms with Crippen molar-refractivity contribution in [3.8, 4) is 0 Å². The van der Waals surface area contributed by atoms with E-state index in [1.165, 1.54) is 58.1 Å². The Morgan fingerprint density at radius 2 is 0.859 bits per heavy atom. The second-order valence-electron chi connectivity index (χ2n) is 22.0. The van der Waals surface area contributed by atoms with Crippen LogP contribution in [0.3, 0.4) is 0 Å². The highest BCUT2D eigenvalue weighted by molar-refractivity contribution is 5.76. The van der Waals surface area contributed by atoms with Gasteiger partial charge in [-0.25, -0.2) is 0 Å². The third-order valence-corrected chi connectivity index (χ3v) is 14.7. The first-order chi connectivity index (χ1) is 36.5. The molecule has 8 atom stereocenters. The molecule has 0 saturated heterocycles. The number of esters is 3. The van der Waals surface area contributed by atoms with E-state index < -0.39 is 0 Å². The summed E-state index contributed by atoms with van der Waals surface area (Å²) in [5.41, 5.74) is 2.60. The maximum Gasteiger partial charge on any atom is 0.311 e. The van der Waals surface area contributed by atoms with Crippen molar-refractivity contribution in [1.29, 1.82) is 0 Å². The molecular formula is C67H130O11. The molecular weight excluding hydrogens is 981 g/mol. The Morgan fingerprint density at radius 1 is 0.500 bits per heavy atom. The van der Waals surface area contributed by atoms with Crippen LogP contribution in [0.4, 0.5) is 0 Å². The molecule has 2 bridgehead atoms. The lowest BCUT2D eigenvalue weighted by molar-refractivity contribution is -0.151. The van der Waals surface area contributed by atoms with E-state index in [4.69, 9.17) is 9.47 Å². The Bertz CT molecular complexity index is 1510. The molecule has 0 radical (unpaired) electrons. The van der Waals surface area contributed by atoms with Crippen LogP contribution >= 0.6 is 0 Å². The number of benzene rings is 2. The van der Waals surface area contributed by atoms with Crippen LogP contribution < -0.4 is 0 Å².